The molecule has 2 aliphatic rings. The molecule has 4 rings (SSSR count). The van der Waals surface area contributed by atoms with Crippen molar-refractivity contribution in [1.29, 1.82) is 0 Å². The van der Waals surface area contributed by atoms with E-state index in [0.29, 0.717) is 27.9 Å². The second-order valence-corrected chi connectivity index (χ2v) is 10.0. The molecule has 1 aliphatic carbocycles. The van der Waals surface area contributed by atoms with Crippen molar-refractivity contribution in [1.82, 2.24) is 14.6 Å². The minimum atomic E-state index is -1.29. The fourth-order valence-electron chi connectivity index (χ4n) is 4.55. The lowest BCUT2D eigenvalue weighted by Gasteiger charge is -2.32. The maximum Gasteiger partial charge on any atom is 0.252 e. The number of hydrogen-bond acceptors (Lipinski definition) is 4. The third kappa shape index (κ3) is 5.22. The Morgan fingerprint density at radius 2 is 2.13 bits per heavy atom. The van der Waals surface area contributed by atoms with E-state index >= 15 is 0 Å². The van der Waals surface area contributed by atoms with E-state index in [1.165, 1.54) is 24.5 Å². The first kappa shape index (κ1) is 22.1. The van der Waals surface area contributed by atoms with E-state index in [1.807, 2.05) is 4.31 Å². The van der Waals surface area contributed by atoms with E-state index in [0.717, 1.165) is 45.1 Å². The zero-order valence-corrected chi connectivity index (χ0v) is 18.9. The molecule has 0 saturated carbocycles. The summed E-state index contributed by atoms with van der Waals surface area (Å²) in [7, 11) is 0. The standard InChI is InChI=1S/C24H31N3O3S/c1-17-7-5-6-14-27(17)31(30)19-10-11-22-20(15-19)21(16-23(28)26-22)24(29)25-13-12-18-8-3-2-4-9-18/h8,10-11,15-17H,2-7,9,12-14H2,1H3,(H,25,29)(H,26,28). The number of nitrogens with one attached hydrogen (secondary N) is 2. The van der Waals surface area contributed by atoms with E-state index in [9.17, 15) is 14.1 Å². The van der Waals surface area contributed by atoms with Crippen LogP contribution in [0.25, 0.3) is 10.9 Å². The number of amides is 1. The molecule has 2 heterocycles. The van der Waals surface area contributed by atoms with Crippen molar-refractivity contribution in [3.63, 3.8) is 0 Å². The van der Waals surface area contributed by atoms with Crippen molar-refractivity contribution in [3.8, 4) is 0 Å². The van der Waals surface area contributed by atoms with Crippen LogP contribution >= 0.6 is 0 Å². The summed E-state index contributed by atoms with van der Waals surface area (Å²) in [6.07, 6.45) is 11.1. The van der Waals surface area contributed by atoms with E-state index < -0.39 is 11.4 Å². The quantitative estimate of drug-likeness (QED) is 0.523. The lowest BCUT2D eigenvalue weighted by molar-refractivity contribution is 0.0955. The number of aromatic nitrogens is 1. The first-order valence-corrected chi connectivity index (χ1v) is 12.5. The number of H-pyrrole nitrogens is 1. The molecule has 1 aromatic heterocycles. The molecule has 2 unspecified atom stereocenters. The summed E-state index contributed by atoms with van der Waals surface area (Å²) in [4.78, 5) is 28.5. The Hall–Kier alpha value is -2.09. The van der Waals surface area contributed by atoms with Gasteiger partial charge in [-0.3, -0.25) is 9.59 Å². The van der Waals surface area contributed by atoms with Crippen LogP contribution in [0.3, 0.4) is 0 Å². The lowest BCUT2D eigenvalue weighted by Crippen LogP contribution is -2.41. The Bertz CT molecular complexity index is 1030. The van der Waals surface area contributed by atoms with E-state index in [-0.39, 0.29) is 17.5 Å². The lowest BCUT2D eigenvalue weighted by atomic mass is 9.97. The average molecular weight is 442 g/mol. The highest BCUT2D eigenvalue weighted by Gasteiger charge is 2.30. The van der Waals surface area contributed by atoms with Crippen LogP contribution in [0, 0.1) is 0 Å². The van der Waals surface area contributed by atoms with Gasteiger partial charge in [0.2, 0.25) is 5.56 Å². The summed E-state index contributed by atoms with van der Waals surface area (Å²) in [5, 5.41) is 3.60. The van der Waals surface area contributed by atoms with E-state index in [4.69, 9.17) is 0 Å². The first-order chi connectivity index (χ1) is 15.0. The molecule has 6 nitrogen and oxygen atoms in total. The topological polar surface area (TPSA) is 88.3 Å². The number of carbonyl (C=O) groups is 1. The Labute approximate surface area is 186 Å². The number of carbonyl (C=O) groups excluding carboxylic acids is 1. The van der Waals surface area contributed by atoms with Gasteiger partial charge in [0.15, 0.2) is 4.90 Å². The fourth-order valence-corrected chi connectivity index (χ4v) is 5.95. The van der Waals surface area contributed by atoms with Gasteiger partial charge in [-0.25, -0.2) is 0 Å². The molecule has 0 spiro atoms. The number of piperidine rings is 1. The largest absolute Gasteiger partial charge is 0.593 e. The van der Waals surface area contributed by atoms with E-state index in [1.54, 1.807) is 18.2 Å². The number of fused-ring (bicyclic) bond motifs is 1. The van der Waals surface area contributed by atoms with Crippen LogP contribution in [0.1, 0.15) is 68.6 Å². The molecule has 1 amide bonds. The monoisotopic (exact) mass is 441 g/mol. The molecule has 166 valence electrons. The maximum atomic E-state index is 13.2. The Morgan fingerprint density at radius 1 is 1.26 bits per heavy atom. The number of nitrogens with zero attached hydrogens (tertiary/aromatic N) is 1. The average Bonchev–Trinajstić information content (AvgIpc) is 2.78. The first-order valence-electron chi connectivity index (χ1n) is 11.3. The van der Waals surface area contributed by atoms with Crippen LogP contribution in [0.4, 0.5) is 0 Å². The predicted molar refractivity (Wildman–Crippen MR) is 124 cm³/mol. The summed E-state index contributed by atoms with van der Waals surface area (Å²) < 4.78 is 15.2. The highest BCUT2D eigenvalue weighted by Crippen LogP contribution is 2.27. The third-order valence-electron chi connectivity index (χ3n) is 6.33. The van der Waals surface area contributed by atoms with Gasteiger partial charge < -0.3 is 14.9 Å². The molecule has 1 saturated heterocycles. The van der Waals surface area contributed by atoms with Crippen molar-refractivity contribution in [2.75, 3.05) is 13.1 Å². The minimum absolute atomic E-state index is 0.262. The van der Waals surface area contributed by atoms with Crippen molar-refractivity contribution < 1.29 is 9.35 Å². The van der Waals surface area contributed by atoms with Gasteiger partial charge in [-0.15, -0.1) is 4.31 Å². The van der Waals surface area contributed by atoms with Gasteiger partial charge >= 0.3 is 0 Å². The molecule has 1 aliphatic heterocycles. The summed E-state index contributed by atoms with van der Waals surface area (Å²) in [6, 6.07) is 6.93. The van der Waals surface area contributed by atoms with Gasteiger partial charge in [-0.05, 0) is 64.0 Å². The van der Waals surface area contributed by atoms with Crippen LogP contribution in [0.5, 0.6) is 0 Å². The molecule has 31 heavy (non-hydrogen) atoms. The van der Waals surface area contributed by atoms with Gasteiger partial charge in [0.25, 0.3) is 5.91 Å². The van der Waals surface area contributed by atoms with Crippen molar-refractivity contribution in [2.45, 2.75) is 69.2 Å². The molecule has 2 N–H and O–H groups in total. The van der Waals surface area contributed by atoms with Gasteiger partial charge in [0.05, 0.1) is 23.0 Å². The molecule has 0 bridgehead atoms. The predicted octanol–water partition coefficient (Wildman–Crippen LogP) is 4.05. The second kappa shape index (κ2) is 10.0. The van der Waals surface area contributed by atoms with Crippen molar-refractivity contribution >= 4 is 28.2 Å². The van der Waals surface area contributed by atoms with E-state index in [2.05, 4.69) is 23.3 Å². The SMILES string of the molecule is CC1CCCCN1[S+]([O-])c1ccc2[nH]c(=O)cc(C(=O)NCCC3=CCCCC3)c2c1. The number of allylic oxidation sites excluding steroid dienone is 1. The maximum absolute atomic E-state index is 13.2. The molecule has 7 heteroatoms. The zero-order valence-electron chi connectivity index (χ0n) is 18.1. The van der Waals surface area contributed by atoms with Gasteiger partial charge in [0, 0.05) is 36.1 Å². The highest BCUT2D eigenvalue weighted by atomic mass is 32.2. The highest BCUT2D eigenvalue weighted by molar-refractivity contribution is 7.89. The summed E-state index contributed by atoms with van der Waals surface area (Å²) >= 11 is -1.29. The Kier molecular flexibility index (Phi) is 7.15. The second-order valence-electron chi connectivity index (χ2n) is 8.60. The number of aromatic amines is 1. The molecule has 2 atom stereocenters. The van der Waals surface area contributed by atoms with Crippen LogP contribution in [0.15, 0.2) is 45.6 Å². The number of benzene rings is 1. The summed E-state index contributed by atoms with van der Waals surface area (Å²) in [5.41, 5.74) is 2.00. The van der Waals surface area contributed by atoms with Gasteiger partial charge in [0.1, 0.15) is 0 Å². The van der Waals surface area contributed by atoms with Crippen LogP contribution < -0.4 is 10.9 Å². The summed E-state index contributed by atoms with van der Waals surface area (Å²) in [6.45, 7) is 3.47. The van der Waals surface area contributed by atoms with Crippen LogP contribution in [0.2, 0.25) is 0 Å². The number of pyridine rings is 1. The van der Waals surface area contributed by atoms with Gasteiger partial charge in [-0.2, -0.15) is 0 Å². The number of rotatable bonds is 6. The zero-order chi connectivity index (χ0) is 21.8. The molecular weight excluding hydrogens is 410 g/mol. The van der Waals surface area contributed by atoms with Crippen molar-refractivity contribution in [3.05, 3.63) is 51.8 Å². The van der Waals surface area contributed by atoms with Crippen LogP contribution in [-0.4, -0.2) is 38.9 Å². The number of hydrogen-bond donors (Lipinski definition) is 2. The Balaban J connectivity index is 1.55. The van der Waals surface area contributed by atoms with Gasteiger partial charge in [-0.1, -0.05) is 18.1 Å². The fraction of sp³-hybridized carbons (Fsp3) is 0.500. The third-order valence-corrected chi connectivity index (χ3v) is 7.96. The molecule has 2 aromatic rings. The van der Waals surface area contributed by atoms with Crippen molar-refractivity contribution in [2.24, 2.45) is 0 Å². The minimum Gasteiger partial charge on any atom is -0.593 e. The summed E-state index contributed by atoms with van der Waals surface area (Å²) in [5.74, 6) is -0.262. The molecule has 1 aromatic carbocycles. The molecule has 1 fully saturated rings. The molecular formula is C24H31N3O3S. The smallest absolute Gasteiger partial charge is 0.252 e. The normalized spacial score (nSPS) is 21.0. The van der Waals surface area contributed by atoms with Crippen LogP contribution in [-0.2, 0) is 11.4 Å². The Morgan fingerprint density at radius 3 is 2.90 bits per heavy atom. The molecule has 0 radical (unpaired) electrons.